The van der Waals surface area contributed by atoms with Gasteiger partial charge in [-0.1, -0.05) is 24.4 Å². The van der Waals surface area contributed by atoms with E-state index < -0.39 is 11.7 Å². The first-order valence-electron chi connectivity index (χ1n) is 9.90. The number of rotatable bonds is 4. The maximum absolute atomic E-state index is 13.7. The van der Waals surface area contributed by atoms with E-state index in [0.717, 1.165) is 37.3 Å². The molecule has 0 bridgehead atoms. The zero-order valence-electron chi connectivity index (χ0n) is 16.5. The Balaban J connectivity index is 1.53. The molecule has 1 amide bonds. The van der Waals surface area contributed by atoms with Crippen molar-refractivity contribution in [2.75, 3.05) is 5.32 Å². The largest absolute Gasteiger partial charge is 0.309 e. The number of nitrogens with one attached hydrogen (secondary N) is 3. The molecule has 6 nitrogen and oxygen atoms in total. The number of amides is 1. The van der Waals surface area contributed by atoms with Gasteiger partial charge in [-0.15, -0.1) is 0 Å². The lowest BCUT2D eigenvalue weighted by atomic mass is 10.1. The van der Waals surface area contributed by atoms with Crippen LogP contribution in [-0.2, 0) is 0 Å². The highest BCUT2D eigenvalue weighted by molar-refractivity contribution is 6.30. The van der Waals surface area contributed by atoms with Crippen LogP contribution in [0.15, 0.2) is 53.5 Å². The number of aliphatic imine (C=N–C) groups is 1. The van der Waals surface area contributed by atoms with Crippen molar-refractivity contribution in [3.8, 4) is 11.3 Å². The highest BCUT2D eigenvalue weighted by Gasteiger charge is 2.18. The number of halogens is 3. The number of hydrogen-bond acceptors (Lipinski definition) is 3. The van der Waals surface area contributed by atoms with Gasteiger partial charge in [-0.2, -0.15) is 5.10 Å². The standard InChI is InChI=1S/C22H20ClF2N5O/c23-17-10-7-14(11-18(17)25)21(31)28-22(26-16-3-1-2-4-16)27-20-12-19(29-30-20)13-5-8-15(24)9-6-13/h5-12,16H,1-4H2,(H3,26,27,28,29,30,31). The number of anilines is 1. The van der Waals surface area contributed by atoms with Gasteiger partial charge in [0.15, 0.2) is 5.82 Å². The third kappa shape index (κ3) is 5.27. The molecular formula is C22H20ClF2N5O. The summed E-state index contributed by atoms with van der Waals surface area (Å²) >= 11 is 5.70. The Morgan fingerprint density at radius 3 is 2.55 bits per heavy atom. The summed E-state index contributed by atoms with van der Waals surface area (Å²) in [5.74, 6) is -0.862. The average molecular weight is 444 g/mol. The zero-order chi connectivity index (χ0) is 21.8. The van der Waals surface area contributed by atoms with Gasteiger partial charge in [0, 0.05) is 11.6 Å². The van der Waals surface area contributed by atoms with Crippen molar-refractivity contribution in [2.45, 2.75) is 31.7 Å². The van der Waals surface area contributed by atoms with E-state index in [0.29, 0.717) is 11.5 Å². The van der Waals surface area contributed by atoms with Gasteiger partial charge >= 0.3 is 0 Å². The van der Waals surface area contributed by atoms with Crippen molar-refractivity contribution in [3.05, 3.63) is 70.8 Å². The van der Waals surface area contributed by atoms with Crippen LogP contribution in [-0.4, -0.2) is 28.1 Å². The van der Waals surface area contributed by atoms with Crippen molar-refractivity contribution in [1.82, 2.24) is 15.5 Å². The van der Waals surface area contributed by atoms with Gasteiger partial charge in [-0.3, -0.25) is 15.2 Å². The fraction of sp³-hybridized carbons (Fsp3) is 0.227. The van der Waals surface area contributed by atoms with Crippen LogP contribution in [0.4, 0.5) is 14.6 Å². The minimum atomic E-state index is -0.673. The van der Waals surface area contributed by atoms with E-state index in [2.05, 4.69) is 25.8 Å². The molecule has 0 aliphatic heterocycles. The third-order valence-corrected chi connectivity index (χ3v) is 5.34. The zero-order valence-corrected chi connectivity index (χ0v) is 17.2. The Hall–Kier alpha value is -3.26. The van der Waals surface area contributed by atoms with E-state index in [1.807, 2.05) is 0 Å². The number of guanidine groups is 1. The van der Waals surface area contributed by atoms with Crippen LogP contribution in [0.1, 0.15) is 36.0 Å². The second kappa shape index (κ2) is 9.26. The monoisotopic (exact) mass is 443 g/mol. The SMILES string of the molecule is O=C(NC(=NC1CCCC1)Nc1cc(-c2ccc(F)cc2)[nH]n1)c1ccc(Cl)c(F)c1. The van der Waals surface area contributed by atoms with Crippen LogP contribution in [0, 0.1) is 11.6 Å². The number of carbonyl (C=O) groups excluding carboxylic acids is 1. The smallest absolute Gasteiger partial charge is 0.258 e. The number of benzene rings is 2. The van der Waals surface area contributed by atoms with Crippen molar-refractivity contribution < 1.29 is 13.6 Å². The Labute approximate surface area is 182 Å². The quantitative estimate of drug-likeness (QED) is 0.385. The van der Waals surface area contributed by atoms with Crippen LogP contribution < -0.4 is 10.6 Å². The first kappa shape index (κ1) is 21.0. The van der Waals surface area contributed by atoms with Crippen LogP contribution in [0.5, 0.6) is 0 Å². The summed E-state index contributed by atoms with van der Waals surface area (Å²) in [6.45, 7) is 0. The third-order valence-electron chi connectivity index (χ3n) is 5.03. The van der Waals surface area contributed by atoms with Gasteiger partial charge in [0.2, 0.25) is 5.96 Å². The summed E-state index contributed by atoms with van der Waals surface area (Å²) in [6.07, 6.45) is 4.01. The lowest BCUT2D eigenvalue weighted by Gasteiger charge is -2.12. The lowest BCUT2D eigenvalue weighted by Crippen LogP contribution is -2.37. The summed E-state index contributed by atoms with van der Waals surface area (Å²) in [4.78, 5) is 17.3. The van der Waals surface area contributed by atoms with Crippen molar-refractivity contribution in [2.24, 2.45) is 4.99 Å². The predicted molar refractivity (Wildman–Crippen MR) is 116 cm³/mol. The Morgan fingerprint density at radius 2 is 1.84 bits per heavy atom. The molecule has 1 saturated carbocycles. The molecule has 2 aromatic carbocycles. The van der Waals surface area contributed by atoms with Gasteiger partial charge in [0.1, 0.15) is 11.6 Å². The molecule has 1 heterocycles. The van der Waals surface area contributed by atoms with E-state index in [1.165, 1.54) is 24.3 Å². The first-order valence-corrected chi connectivity index (χ1v) is 10.3. The minimum absolute atomic E-state index is 0.0561. The number of H-pyrrole nitrogens is 1. The van der Waals surface area contributed by atoms with Gasteiger partial charge in [-0.25, -0.2) is 13.8 Å². The molecule has 1 aromatic heterocycles. The summed E-state index contributed by atoms with van der Waals surface area (Å²) in [6, 6.07) is 11.7. The topological polar surface area (TPSA) is 82.2 Å². The van der Waals surface area contributed by atoms with Gasteiger partial charge in [-0.05, 0) is 60.9 Å². The lowest BCUT2D eigenvalue weighted by molar-refractivity contribution is 0.0976. The molecule has 1 aliphatic rings. The van der Waals surface area contributed by atoms with Crippen molar-refractivity contribution in [1.29, 1.82) is 0 Å². The summed E-state index contributed by atoms with van der Waals surface area (Å²) in [7, 11) is 0. The fourth-order valence-electron chi connectivity index (χ4n) is 3.41. The first-order chi connectivity index (χ1) is 15.0. The molecule has 1 fully saturated rings. The Kier molecular flexibility index (Phi) is 6.27. The van der Waals surface area contributed by atoms with Crippen LogP contribution in [0.3, 0.4) is 0 Å². The summed E-state index contributed by atoms with van der Waals surface area (Å²) in [5.41, 5.74) is 1.56. The minimum Gasteiger partial charge on any atom is -0.309 e. The molecule has 0 atom stereocenters. The predicted octanol–water partition coefficient (Wildman–Crippen LogP) is 5.15. The molecule has 1 aliphatic carbocycles. The summed E-state index contributed by atoms with van der Waals surface area (Å²) < 4.78 is 26.9. The van der Waals surface area contributed by atoms with Crippen LogP contribution in [0.25, 0.3) is 11.3 Å². The molecule has 0 saturated heterocycles. The molecule has 160 valence electrons. The molecule has 0 spiro atoms. The second-order valence-electron chi connectivity index (χ2n) is 7.30. The normalized spacial score (nSPS) is 14.6. The number of carbonyl (C=O) groups is 1. The number of hydrogen-bond donors (Lipinski definition) is 3. The van der Waals surface area contributed by atoms with E-state index in [9.17, 15) is 13.6 Å². The summed E-state index contributed by atoms with van der Waals surface area (Å²) in [5, 5.41) is 12.7. The number of aromatic amines is 1. The highest BCUT2D eigenvalue weighted by atomic mass is 35.5. The van der Waals surface area contributed by atoms with E-state index in [1.54, 1.807) is 18.2 Å². The molecule has 0 unspecified atom stereocenters. The molecule has 3 N–H and O–H groups in total. The van der Waals surface area contributed by atoms with Crippen LogP contribution in [0.2, 0.25) is 5.02 Å². The molecule has 4 rings (SSSR count). The van der Waals surface area contributed by atoms with E-state index in [-0.39, 0.29) is 28.4 Å². The fourth-order valence-corrected chi connectivity index (χ4v) is 3.53. The highest BCUT2D eigenvalue weighted by Crippen LogP contribution is 2.23. The van der Waals surface area contributed by atoms with Crippen molar-refractivity contribution >= 4 is 29.3 Å². The van der Waals surface area contributed by atoms with Crippen LogP contribution >= 0.6 is 11.6 Å². The number of aromatic nitrogens is 2. The maximum Gasteiger partial charge on any atom is 0.258 e. The van der Waals surface area contributed by atoms with E-state index in [4.69, 9.17) is 11.6 Å². The molecule has 31 heavy (non-hydrogen) atoms. The number of nitrogens with zero attached hydrogens (tertiary/aromatic N) is 2. The Bertz CT molecular complexity index is 1110. The molecule has 9 heteroatoms. The second-order valence-corrected chi connectivity index (χ2v) is 7.70. The Morgan fingerprint density at radius 1 is 1.10 bits per heavy atom. The van der Waals surface area contributed by atoms with Gasteiger partial charge in [0.05, 0.1) is 16.8 Å². The molecule has 0 radical (unpaired) electrons. The molecule has 3 aromatic rings. The molecular weight excluding hydrogens is 424 g/mol. The average Bonchev–Trinajstić information content (AvgIpc) is 3.43. The van der Waals surface area contributed by atoms with Gasteiger partial charge in [0.25, 0.3) is 5.91 Å². The van der Waals surface area contributed by atoms with Gasteiger partial charge < -0.3 is 5.32 Å². The van der Waals surface area contributed by atoms with E-state index >= 15 is 0 Å². The van der Waals surface area contributed by atoms with Crippen molar-refractivity contribution in [3.63, 3.8) is 0 Å². The maximum atomic E-state index is 13.7.